The number of nitrogens with zero attached hydrogens (tertiary/aromatic N) is 4. The summed E-state index contributed by atoms with van der Waals surface area (Å²) in [4.78, 5) is 60.7. The van der Waals surface area contributed by atoms with E-state index >= 15 is 0 Å². The topological polar surface area (TPSA) is 143 Å². The van der Waals surface area contributed by atoms with E-state index in [-0.39, 0.29) is 42.2 Å². The molecular weight excluding hydrogens is 831 g/mol. The number of hydrogen-bond donors (Lipinski definition) is 2. The Morgan fingerprint density at radius 3 is 2.08 bits per heavy atom. The van der Waals surface area contributed by atoms with Crippen molar-refractivity contribution >= 4 is 34.6 Å². The molecule has 2 amide bonds. The largest absolute Gasteiger partial charge is 0.458 e. The highest BCUT2D eigenvalue weighted by Gasteiger charge is 2.45. The van der Waals surface area contributed by atoms with Crippen molar-refractivity contribution in [2.24, 2.45) is 0 Å². The molecule has 0 radical (unpaired) electrons. The number of hydrogen-bond acceptors (Lipinski definition) is 9. The maximum absolute atomic E-state index is 13.5. The molecule has 5 heterocycles. The van der Waals surface area contributed by atoms with E-state index < -0.39 is 17.7 Å². The molecule has 7 rings (SSSR count). The molecule has 1 fully saturated rings. The number of benzene rings is 2. The number of esters is 1. The summed E-state index contributed by atoms with van der Waals surface area (Å²) in [5, 5.41) is 14.9. The average molecular weight is 892 g/mol. The molecule has 1 saturated heterocycles. The molecule has 4 aromatic rings. The number of anilines is 1. The highest BCUT2D eigenvalue weighted by molar-refractivity contribution is 5.91. The lowest BCUT2D eigenvalue weighted by atomic mass is 9.86. The summed E-state index contributed by atoms with van der Waals surface area (Å²) >= 11 is 0. The normalized spacial score (nSPS) is 17.5. The highest BCUT2D eigenvalue weighted by Crippen LogP contribution is 2.39. The van der Waals surface area contributed by atoms with Crippen LogP contribution < -0.4 is 15.6 Å². The molecule has 0 aliphatic carbocycles. The van der Waals surface area contributed by atoms with E-state index in [9.17, 15) is 24.3 Å². The van der Waals surface area contributed by atoms with Crippen molar-refractivity contribution in [3.63, 3.8) is 0 Å². The van der Waals surface area contributed by atoms with E-state index in [0.29, 0.717) is 61.7 Å². The molecule has 2 aromatic heterocycles. The number of allylic oxidation sites excluding steroid dienone is 12. The van der Waals surface area contributed by atoms with Gasteiger partial charge in [0.1, 0.15) is 12.4 Å². The number of fused-ring (bicyclic) bond motifs is 5. The van der Waals surface area contributed by atoms with Gasteiger partial charge in [0.2, 0.25) is 5.91 Å². The van der Waals surface area contributed by atoms with Crippen LogP contribution in [0.15, 0.2) is 132 Å². The first-order valence-electron chi connectivity index (χ1n) is 23.3. The Bertz CT molecular complexity index is 2610. The Balaban J connectivity index is 0.789. The number of rotatable bonds is 19. The molecule has 0 spiro atoms. The summed E-state index contributed by atoms with van der Waals surface area (Å²) in [6.45, 7) is 7.06. The van der Waals surface area contributed by atoms with Gasteiger partial charge in [-0.05, 0) is 99.4 Å². The maximum Gasteiger partial charge on any atom is 0.415 e. The smallest absolute Gasteiger partial charge is 0.415 e. The van der Waals surface area contributed by atoms with Gasteiger partial charge in [-0.15, -0.1) is 0 Å². The molecule has 2 N–H and O–H groups in total. The minimum atomic E-state index is -1.89. The number of piperazine rings is 1. The Morgan fingerprint density at radius 2 is 1.44 bits per heavy atom. The van der Waals surface area contributed by atoms with Crippen LogP contribution in [0.4, 0.5) is 10.5 Å². The third kappa shape index (κ3) is 12.0. The van der Waals surface area contributed by atoms with Gasteiger partial charge in [-0.3, -0.25) is 14.5 Å². The predicted octanol–water partition coefficient (Wildman–Crippen LogP) is 9.81. The molecule has 2 aromatic carbocycles. The first kappa shape index (κ1) is 47.3. The molecule has 66 heavy (non-hydrogen) atoms. The van der Waals surface area contributed by atoms with E-state index in [1.54, 1.807) is 40.7 Å². The number of pyridine rings is 2. The van der Waals surface area contributed by atoms with Gasteiger partial charge in [0.25, 0.3) is 5.56 Å². The fourth-order valence-electron chi connectivity index (χ4n) is 8.31. The summed E-state index contributed by atoms with van der Waals surface area (Å²) in [7, 11) is 0. The lowest BCUT2D eigenvalue weighted by Crippen LogP contribution is -2.49. The van der Waals surface area contributed by atoms with Crippen molar-refractivity contribution < 1.29 is 29.0 Å². The van der Waals surface area contributed by atoms with Crippen LogP contribution in [0.2, 0.25) is 0 Å². The number of amides is 2. The minimum Gasteiger partial charge on any atom is -0.458 e. The van der Waals surface area contributed by atoms with Crippen molar-refractivity contribution in [2.45, 2.75) is 96.9 Å². The molecule has 0 saturated carbocycles. The Kier molecular flexibility index (Phi) is 16.5. The summed E-state index contributed by atoms with van der Waals surface area (Å²) in [6.07, 6.45) is 32.6. The number of aromatic nitrogens is 2. The minimum absolute atomic E-state index is 0.0141. The summed E-state index contributed by atoms with van der Waals surface area (Å²) in [6, 6.07) is 16.8. The summed E-state index contributed by atoms with van der Waals surface area (Å²) in [5.74, 6) is -0.380. The van der Waals surface area contributed by atoms with Crippen LogP contribution in [0.25, 0.3) is 22.3 Å². The first-order chi connectivity index (χ1) is 32.2. The zero-order valence-electron chi connectivity index (χ0n) is 38.1. The van der Waals surface area contributed by atoms with Crippen LogP contribution in [0.5, 0.6) is 5.75 Å². The average Bonchev–Trinajstić information content (AvgIpc) is 3.68. The molecule has 1 atom stereocenters. The Morgan fingerprint density at radius 1 is 0.803 bits per heavy atom. The molecule has 3 aliphatic rings. The summed E-state index contributed by atoms with van der Waals surface area (Å²) in [5.41, 5.74) is 2.83. The lowest BCUT2D eigenvalue weighted by molar-refractivity contribution is -0.172. The van der Waals surface area contributed by atoms with Crippen molar-refractivity contribution in [2.75, 3.05) is 31.5 Å². The first-order valence-corrected chi connectivity index (χ1v) is 23.3. The van der Waals surface area contributed by atoms with Crippen LogP contribution in [0.1, 0.15) is 93.9 Å². The van der Waals surface area contributed by atoms with E-state index in [1.807, 2.05) is 30.3 Å². The number of carbonyl (C=O) groups excluding carboxylic acids is 3. The maximum atomic E-state index is 13.5. The Hall–Kier alpha value is -6.63. The number of ether oxygens (including phenoxy) is 2. The van der Waals surface area contributed by atoms with E-state index in [0.717, 1.165) is 67.3 Å². The molecular formula is C54H61N5O7. The monoisotopic (exact) mass is 891 g/mol. The molecule has 0 bridgehead atoms. The second-order valence-corrected chi connectivity index (χ2v) is 16.8. The van der Waals surface area contributed by atoms with Crippen molar-refractivity contribution in [1.29, 1.82) is 0 Å². The number of aliphatic hydroxyl groups is 1. The van der Waals surface area contributed by atoms with Gasteiger partial charge in [0, 0.05) is 61.3 Å². The second-order valence-electron chi connectivity index (χ2n) is 16.8. The summed E-state index contributed by atoms with van der Waals surface area (Å²) < 4.78 is 12.6. The predicted molar refractivity (Wildman–Crippen MR) is 260 cm³/mol. The molecule has 0 unspecified atom stereocenters. The standard InChI is InChI=1S/C54H61N5O7/c1-3-5-6-7-8-9-10-11-12-13-14-15-16-17-18-19-20-21-22-23-49(60)55-43-26-24-40(25-27-43)37-57-30-32-58(33-31-57)53(63)66-44-28-29-47-41(35-44)34-42-38-59-48(50(42)56-47)36-46-45(51(59)61)39-65-52(62)54(46,64)4-2/h5-6,8-9,11-12,14-15,17-18,20-21,24-29,34-36,64H,3-4,7,10,13,16,19,22-23,30-33,37-39H2,1-2H3,(H,55,60)/b6-5-,9-8-,12-11-,15-14-,18-17-,21-20-/t54-/m0/s1. The zero-order chi connectivity index (χ0) is 46.3. The van der Waals surface area contributed by atoms with Crippen molar-refractivity contribution in [3.8, 4) is 17.1 Å². The van der Waals surface area contributed by atoms with Gasteiger partial charge in [0.05, 0.1) is 29.0 Å². The lowest BCUT2D eigenvalue weighted by Gasteiger charge is -2.34. The number of cyclic esters (lactones) is 1. The third-order valence-corrected chi connectivity index (χ3v) is 12.1. The molecule has 344 valence electrons. The van der Waals surface area contributed by atoms with Gasteiger partial charge in [-0.2, -0.15) is 0 Å². The highest BCUT2D eigenvalue weighted by atomic mass is 16.6. The third-order valence-electron chi connectivity index (χ3n) is 12.1. The number of carbonyl (C=O) groups is 3. The SMILES string of the molecule is CC/C=C\C/C=C\C/C=C\C/C=C\C/C=C\C/C=C\CCC(=O)Nc1ccc(CN2CCN(C(=O)Oc3ccc4nc5c(cc4c3)Cn3c-5cc4c(c3=O)COC(=O)[C@]4(O)CC)CC2)cc1. The van der Waals surface area contributed by atoms with Crippen LogP contribution in [-0.4, -0.2) is 68.6 Å². The van der Waals surface area contributed by atoms with Crippen molar-refractivity contribution in [1.82, 2.24) is 19.4 Å². The second kappa shape index (κ2) is 23.0. The van der Waals surface area contributed by atoms with E-state index in [2.05, 4.69) is 90.1 Å². The molecule has 12 heteroatoms. The van der Waals surface area contributed by atoms with Gasteiger partial charge in [-0.25, -0.2) is 14.6 Å². The van der Waals surface area contributed by atoms with Crippen LogP contribution in [0.3, 0.4) is 0 Å². The van der Waals surface area contributed by atoms with E-state index in [4.69, 9.17) is 14.5 Å². The van der Waals surface area contributed by atoms with Crippen LogP contribution in [0, 0.1) is 0 Å². The van der Waals surface area contributed by atoms with Crippen LogP contribution in [-0.2, 0) is 39.6 Å². The quantitative estimate of drug-likeness (QED) is 0.0612. The fourth-order valence-corrected chi connectivity index (χ4v) is 8.31. The Labute approximate surface area is 387 Å². The molecule has 3 aliphatic heterocycles. The number of nitrogens with one attached hydrogen (secondary N) is 1. The zero-order valence-corrected chi connectivity index (χ0v) is 38.1. The fraction of sp³-hybridized carbons (Fsp3) is 0.352. The van der Waals surface area contributed by atoms with Crippen molar-refractivity contribution in [3.05, 3.63) is 160 Å². The van der Waals surface area contributed by atoms with Crippen LogP contribution >= 0.6 is 0 Å². The van der Waals surface area contributed by atoms with Gasteiger partial charge in [0.15, 0.2) is 5.60 Å². The van der Waals surface area contributed by atoms with Gasteiger partial charge >= 0.3 is 12.1 Å². The van der Waals surface area contributed by atoms with E-state index in [1.165, 1.54) is 0 Å². The van der Waals surface area contributed by atoms with Gasteiger partial charge in [-0.1, -0.05) is 98.9 Å². The van der Waals surface area contributed by atoms with Gasteiger partial charge < -0.3 is 29.4 Å². The molecule has 12 nitrogen and oxygen atoms in total.